The smallest absolute Gasteiger partial charge is 0.188 e. The van der Waals surface area contributed by atoms with Crippen molar-refractivity contribution in [1.82, 2.24) is 9.97 Å². The maximum absolute atomic E-state index is 11.9. The highest BCUT2D eigenvalue weighted by Gasteiger charge is 2.27. The van der Waals surface area contributed by atoms with Gasteiger partial charge in [0.1, 0.15) is 27.0 Å². The predicted molar refractivity (Wildman–Crippen MR) is 78.9 cm³/mol. The first-order chi connectivity index (χ1) is 8.25. The minimum Gasteiger partial charge on any atom is -0.591 e. The molecular formula is C11H16ClN3OS2. The molecule has 0 aliphatic carbocycles. The van der Waals surface area contributed by atoms with Gasteiger partial charge >= 0.3 is 0 Å². The van der Waals surface area contributed by atoms with Gasteiger partial charge in [-0.3, -0.25) is 0 Å². The molecule has 0 N–H and O–H groups in total. The van der Waals surface area contributed by atoms with Crippen molar-refractivity contribution in [1.29, 1.82) is 0 Å². The van der Waals surface area contributed by atoms with Crippen LogP contribution in [0.15, 0.2) is 15.8 Å². The zero-order valence-electron chi connectivity index (χ0n) is 11.0. The van der Waals surface area contributed by atoms with Crippen molar-refractivity contribution < 1.29 is 4.55 Å². The molecule has 0 spiro atoms. The van der Waals surface area contributed by atoms with Gasteiger partial charge in [-0.2, -0.15) is 0 Å². The van der Waals surface area contributed by atoms with Crippen LogP contribution >= 0.6 is 23.4 Å². The Bertz CT molecular complexity index is 460. The lowest BCUT2D eigenvalue weighted by atomic mass is 10.2. The van der Waals surface area contributed by atoms with E-state index in [1.54, 1.807) is 13.1 Å². The molecule has 18 heavy (non-hydrogen) atoms. The average molecular weight is 306 g/mol. The van der Waals surface area contributed by atoms with Crippen molar-refractivity contribution >= 4 is 40.4 Å². The second kappa shape index (κ2) is 6.23. The topological polar surface area (TPSA) is 61.2 Å². The zero-order valence-corrected chi connectivity index (χ0v) is 13.4. The largest absolute Gasteiger partial charge is 0.591 e. The van der Waals surface area contributed by atoms with Gasteiger partial charge in [-0.15, -0.1) is 0 Å². The van der Waals surface area contributed by atoms with E-state index in [0.717, 1.165) is 0 Å². The number of rotatable bonds is 3. The van der Waals surface area contributed by atoms with E-state index < -0.39 is 16.1 Å². The second-order valence-corrected chi connectivity index (χ2v) is 7.64. The van der Waals surface area contributed by atoms with Gasteiger partial charge in [-0.05, 0) is 34.0 Å². The summed E-state index contributed by atoms with van der Waals surface area (Å²) in [5, 5.41) is 0.940. The van der Waals surface area contributed by atoms with Gasteiger partial charge in [0.15, 0.2) is 5.16 Å². The van der Waals surface area contributed by atoms with Crippen LogP contribution in [-0.2, 0) is 11.4 Å². The number of nitrogens with zero attached hydrogens (tertiary/aromatic N) is 3. The van der Waals surface area contributed by atoms with E-state index in [1.165, 1.54) is 11.8 Å². The number of thioether (sulfide) groups is 1. The van der Waals surface area contributed by atoms with Crippen LogP contribution in [0.1, 0.15) is 33.3 Å². The van der Waals surface area contributed by atoms with Gasteiger partial charge in [-0.25, -0.2) is 9.97 Å². The molecule has 0 saturated carbocycles. The molecule has 1 aromatic rings. The number of hydrogen-bond acceptors (Lipinski definition) is 5. The Morgan fingerprint density at radius 2 is 2.11 bits per heavy atom. The van der Waals surface area contributed by atoms with Gasteiger partial charge in [0.25, 0.3) is 0 Å². The van der Waals surface area contributed by atoms with Crippen molar-refractivity contribution in [3.63, 3.8) is 0 Å². The quantitative estimate of drug-likeness (QED) is 0.283. The summed E-state index contributed by atoms with van der Waals surface area (Å²) >= 11 is 6.16. The molecule has 0 radical (unpaired) electrons. The zero-order chi connectivity index (χ0) is 13.9. The molecule has 4 nitrogen and oxygen atoms in total. The molecular weight excluding hydrogens is 290 g/mol. The van der Waals surface area contributed by atoms with Crippen LogP contribution in [0.3, 0.4) is 0 Å². The van der Waals surface area contributed by atoms with Crippen LogP contribution in [-0.4, -0.2) is 31.2 Å². The molecule has 1 rings (SSSR count). The highest BCUT2D eigenvalue weighted by atomic mass is 35.5. The SMILES string of the molecule is CSc1ncc(C(C)=N[S@@+]([O-])C(C)(C)C)c(Cl)n1. The van der Waals surface area contributed by atoms with E-state index in [9.17, 15) is 4.55 Å². The van der Waals surface area contributed by atoms with E-state index in [2.05, 4.69) is 14.4 Å². The summed E-state index contributed by atoms with van der Waals surface area (Å²) in [4.78, 5) is 8.26. The van der Waals surface area contributed by atoms with Gasteiger partial charge in [0.2, 0.25) is 0 Å². The molecule has 0 aliphatic rings. The number of hydrogen-bond donors (Lipinski definition) is 0. The summed E-state index contributed by atoms with van der Waals surface area (Å²) in [5.74, 6) is 0. The Morgan fingerprint density at radius 1 is 1.50 bits per heavy atom. The van der Waals surface area contributed by atoms with E-state index >= 15 is 0 Å². The summed E-state index contributed by atoms with van der Waals surface area (Å²) in [7, 11) is 0. The third-order valence-corrected chi connectivity index (χ3v) is 4.37. The van der Waals surface area contributed by atoms with Crippen LogP contribution in [0.5, 0.6) is 0 Å². The third kappa shape index (κ3) is 4.12. The first kappa shape index (κ1) is 15.8. The van der Waals surface area contributed by atoms with E-state index in [0.29, 0.717) is 21.6 Å². The third-order valence-electron chi connectivity index (χ3n) is 2.04. The Hall–Kier alpha value is -0.300. The molecule has 0 fully saturated rings. The lowest BCUT2D eigenvalue weighted by Crippen LogP contribution is -2.26. The molecule has 0 aliphatic heterocycles. The minimum atomic E-state index is -1.31. The fraction of sp³-hybridized carbons (Fsp3) is 0.545. The van der Waals surface area contributed by atoms with Crippen molar-refractivity contribution in [3.05, 3.63) is 16.9 Å². The fourth-order valence-corrected chi connectivity index (χ4v) is 2.27. The average Bonchev–Trinajstić information content (AvgIpc) is 2.27. The van der Waals surface area contributed by atoms with Crippen molar-refractivity contribution in [3.8, 4) is 0 Å². The fourth-order valence-electron chi connectivity index (χ4n) is 0.998. The molecule has 1 heterocycles. The van der Waals surface area contributed by atoms with Crippen LogP contribution in [0.4, 0.5) is 0 Å². The molecule has 0 aromatic carbocycles. The summed E-state index contributed by atoms with van der Waals surface area (Å²) in [6.45, 7) is 7.37. The number of aromatic nitrogens is 2. The van der Waals surface area contributed by atoms with Crippen LogP contribution in [0.25, 0.3) is 0 Å². The van der Waals surface area contributed by atoms with Gasteiger partial charge in [0, 0.05) is 6.20 Å². The van der Waals surface area contributed by atoms with Crippen LogP contribution in [0, 0.1) is 0 Å². The molecule has 1 aromatic heterocycles. The maximum Gasteiger partial charge on any atom is 0.188 e. The standard InChI is InChI=1S/C11H16ClN3OS2/c1-7(15-18(16)11(2,3)4)8-6-13-10(17-5)14-9(8)12/h6H,1-5H3/t18-/m0/s1. The normalized spacial score (nSPS) is 14.7. The summed E-state index contributed by atoms with van der Waals surface area (Å²) in [6.07, 6.45) is 3.49. The molecule has 0 bridgehead atoms. The van der Waals surface area contributed by atoms with Crippen LogP contribution in [0.2, 0.25) is 5.15 Å². The second-order valence-electron chi connectivity index (χ2n) is 4.60. The lowest BCUT2D eigenvalue weighted by molar-refractivity contribution is 0.561. The van der Waals surface area contributed by atoms with E-state index in [1.807, 2.05) is 27.0 Å². The molecule has 0 saturated heterocycles. The van der Waals surface area contributed by atoms with E-state index in [4.69, 9.17) is 11.6 Å². The molecule has 7 heteroatoms. The molecule has 0 amide bonds. The van der Waals surface area contributed by atoms with Crippen molar-refractivity contribution in [2.75, 3.05) is 6.26 Å². The highest BCUT2D eigenvalue weighted by molar-refractivity contribution is 7.98. The first-order valence-electron chi connectivity index (χ1n) is 5.30. The lowest BCUT2D eigenvalue weighted by Gasteiger charge is -2.18. The molecule has 0 unspecified atom stereocenters. The summed E-state index contributed by atoms with van der Waals surface area (Å²) in [5.41, 5.74) is 1.20. The Morgan fingerprint density at radius 3 is 2.56 bits per heavy atom. The Labute approximate surface area is 120 Å². The van der Waals surface area contributed by atoms with E-state index in [-0.39, 0.29) is 0 Å². The van der Waals surface area contributed by atoms with Gasteiger partial charge < -0.3 is 4.55 Å². The molecule has 100 valence electrons. The highest BCUT2D eigenvalue weighted by Crippen LogP contribution is 2.21. The Balaban J connectivity index is 3.04. The van der Waals surface area contributed by atoms with Gasteiger partial charge in [-0.1, -0.05) is 27.8 Å². The molecule has 1 atom stereocenters. The number of halogens is 1. The van der Waals surface area contributed by atoms with Crippen molar-refractivity contribution in [2.24, 2.45) is 4.40 Å². The summed E-state index contributed by atoms with van der Waals surface area (Å²) < 4.78 is 15.7. The maximum atomic E-state index is 11.9. The minimum absolute atomic E-state index is 0.335. The van der Waals surface area contributed by atoms with Crippen LogP contribution < -0.4 is 0 Å². The Kier molecular flexibility index (Phi) is 5.46. The monoisotopic (exact) mass is 305 g/mol. The predicted octanol–water partition coefficient (Wildman–Crippen LogP) is 3.12. The van der Waals surface area contributed by atoms with Crippen molar-refractivity contribution in [2.45, 2.75) is 37.6 Å². The van der Waals surface area contributed by atoms with Gasteiger partial charge in [0.05, 0.1) is 5.56 Å². The summed E-state index contributed by atoms with van der Waals surface area (Å²) in [6, 6.07) is 0. The first-order valence-corrected chi connectivity index (χ1v) is 8.01.